The highest BCUT2D eigenvalue weighted by atomic mass is 19.1. The van der Waals surface area contributed by atoms with E-state index in [1.165, 1.54) is 0 Å². The molecule has 0 radical (unpaired) electrons. The number of halogens is 1. The van der Waals surface area contributed by atoms with E-state index in [1.807, 2.05) is 4.98 Å². The molecule has 1 aliphatic rings. The number of benzene rings is 1. The van der Waals surface area contributed by atoms with Crippen molar-refractivity contribution in [2.24, 2.45) is 0 Å². The van der Waals surface area contributed by atoms with Gasteiger partial charge < -0.3 is 10.0 Å². The molecule has 0 saturated carbocycles. The van der Waals surface area contributed by atoms with Gasteiger partial charge >= 0.3 is 5.69 Å². The molecule has 0 atom stereocenters. The zero-order valence-electron chi connectivity index (χ0n) is 11.2. The van der Waals surface area contributed by atoms with Gasteiger partial charge in [-0.3, -0.25) is 9.78 Å². The van der Waals surface area contributed by atoms with E-state index < -0.39 is 22.9 Å². The molecule has 110 valence electrons. The van der Waals surface area contributed by atoms with Crippen LogP contribution in [0.15, 0.2) is 33.9 Å². The van der Waals surface area contributed by atoms with Crippen molar-refractivity contribution in [2.75, 3.05) is 18.0 Å². The summed E-state index contributed by atoms with van der Waals surface area (Å²) in [5.74, 6) is -2.36. The number of hydrogen-bond donors (Lipinski definition) is 2. The van der Waals surface area contributed by atoms with E-state index in [4.69, 9.17) is 0 Å². The Kier molecular flexibility index (Phi) is 3.25. The fraction of sp³-hybridized carbons (Fsp3) is 0.286. The molecule has 3 rings (SSSR count). The summed E-state index contributed by atoms with van der Waals surface area (Å²) in [6, 6.07) is 6.81. The van der Waals surface area contributed by atoms with E-state index in [1.54, 1.807) is 24.3 Å². The molecular formula is C14H14FN3O3. The van der Waals surface area contributed by atoms with Crippen LogP contribution < -0.4 is 16.1 Å². The zero-order chi connectivity index (χ0) is 15.0. The second-order valence-corrected chi connectivity index (χ2v) is 4.94. The molecule has 1 aliphatic heterocycles. The monoisotopic (exact) mass is 291 g/mol. The highest BCUT2D eigenvalue weighted by Crippen LogP contribution is 2.22. The largest absolute Gasteiger partial charge is 0.492 e. The second-order valence-electron chi connectivity index (χ2n) is 4.94. The van der Waals surface area contributed by atoms with Crippen LogP contribution in [-0.2, 0) is 0 Å². The summed E-state index contributed by atoms with van der Waals surface area (Å²) in [6.45, 7) is 1.97. The topological polar surface area (TPSA) is 78.3 Å². The first-order valence-corrected chi connectivity index (χ1v) is 6.67. The Labute approximate surface area is 119 Å². The van der Waals surface area contributed by atoms with E-state index in [0.29, 0.717) is 0 Å². The Morgan fingerprint density at radius 2 is 1.62 bits per heavy atom. The molecule has 1 fully saturated rings. The molecule has 0 bridgehead atoms. The summed E-state index contributed by atoms with van der Waals surface area (Å²) in [5.41, 5.74) is -0.820. The number of H-pyrrole nitrogens is 1. The van der Waals surface area contributed by atoms with Gasteiger partial charge in [-0.2, -0.15) is 4.39 Å². The van der Waals surface area contributed by atoms with Crippen LogP contribution in [-0.4, -0.2) is 27.7 Å². The van der Waals surface area contributed by atoms with Crippen LogP contribution in [0.25, 0.3) is 5.69 Å². The molecule has 6 nitrogen and oxygen atoms in total. The van der Waals surface area contributed by atoms with E-state index in [9.17, 15) is 19.1 Å². The fourth-order valence-corrected chi connectivity index (χ4v) is 2.53. The van der Waals surface area contributed by atoms with E-state index >= 15 is 0 Å². The van der Waals surface area contributed by atoms with Gasteiger partial charge in [0.05, 0.1) is 5.69 Å². The minimum atomic E-state index is -1.38. The lowest BCUT2D eigenvalue weighted by Crippen LogP contribution is -2.30. The Morgan fingerprint density at radius 1 is 1.05 bits per heavy atom. The normalized spacial score (nSPS) is 14.6. The molecule has 0 amide bonds. The van der Waals surface area contributed by atoms with Gasteiger partial charge in [0.25, 0.3) is 5.56 Å². The summed E-state index contributed by atoms with van der Waals surface area (Å²) < 4.78 is 14.1. The molecule has 21 heavy (non-hydrogen) atoms. The van der Waals surface area contributed by atoms with E-state index in [-0.39, 0.29) is 5.69 Å². The van der Waals surface area contributed by atoms with Gasteiger partial charge in [-0.1, -0.05) is 0 Å². The number of nitrogens with zero attached hydrogens (tertiary/aromatic N) is 2. The Balaban J connectivity index is 2.03. The lowest BCUT2D eigenvalue weighted by Gasteiger charge is -2.18. The van der Waals surface area contributed by atoms with Crippen LogP contribution in [0.2, 0.25) is 0 Å². The molecule has 7 heteroatoms. The number of hydrogen-bond acceptors (Lipinski definition) is 4. The zero-order valence-corrected chi connectivity index (χ0v) is 11.2. The minimum absolute atomic E-state index is 0.288. The van der Waals surface area contributed by atoms with Crippen LogP contribution in [0.1, 0.15) is 12.8 Å². The number of rotatable bonds is 2. The molecule has 0 aliphatic carbocycles. The van der Waals surface area contributed by atoms with E-state index in [0.717, 1.165) is 36.2 Å². The van der Waals surface area contributed by atoms with Crippen molar-refractivity contribution in [3.63, 3.8) is 0 Å². The van der Waals surface area contributed by atoms with Crippen LogP contribution in [0.4, 0.5) is 10.1 Å². The number of anilines is 1. The third kappa shape index (κ3) is 2.31. The van der Waals surface area contributed by atoms with Crippen molar-refractivity contribution in [1.29, 1.82) is 0 Å². The third-order valence-corrected chi connectivity index (χ3v) is 3.61. The number of aromatic hydroxyl groups is 1. The lowest BCUT2D eigenvalue weighted by molar-refractivity contribution is 0.386. The van der Waals surface area contributed by atoms with Crippen molar-refractivity contribution in [1.82, 2.24) is 9.55 Å². The Bertz CT molecular complexity index is 774. The maximum absolute atomic E-state index is 13.4. The van der Waals surface area contributed by atoms with Gasteiger partial charge in [0.1, 0.15) is 0 Å². The standard InChI is InChI=1S/C14H14FN3O3/c15-11-12(19)16-14(21)18(13(11)20)10-5-3-9(4-6-10)17-7-1-2-8-17/h3-6,20H,1-2,7-8H2,(H,16,19,21). The molecule has 1 saturated heterocycles. The quantitative estimate of drug-likeness (QED) is 0.864. The van der Waals surface area contributed by atoms with Gasteiger partial charge in [-0.15, -0.1) is 0 Å². The van der Waals surface area contributed by atoms with Crippen LogP contribution in [0.5, 0.6) is 5.88 Å². The Hall–Kier alpha value is -2.57. The van der Waals surface area contributed by atoms with Gasteiger partial charge in [0.2, 0.25) is 11.7 Å². The molecule has 2 N–H and O–H groups in total. The smallest absolute Gasteiger partial charge is 0.335 e. The average Bonchev–Trinajstić information content (AvgIpc) is 3.00. The summed E-state index contributed by atoms with van der Waals surface area (Å²) >= 11 is 0. The van der Waals surface area contributed by atoms with Crippen LogP contribution in [0.3, 0.4) is 0 Å². The van der Waals surface area contributed by atoms with Crippen molar-refractivity contribution in [3.05, 3.63) is 50.9 Å². The lowest BCUT2D eigenvalue weighted by atomic mass is 10.2. The first-order chi connectivity index (χ1) is 10.1. The fourth-order valence-electron chi connectivity index (χ4n) is 2.53. The SMILES string of the molecule is O=c1[nH]c(=O)n(-c2ccc(N3CCCC3)cc2)c(O)c1F. The van der Waals surface area contributed by atoms with Gasteiger partial charge in [-0.25, -0.2) is 9.36 Å². The molecule has 1 aromatic heterocycles. The minimum Gasteiger partial charge on any atom is -0.492 e. The predicted octanol–water partition coefficient (Wildman–Crippen LogP) is 0.971. The Morgan fingerprint density at radius 3 is 2.24 bits per heavy atom. The second kappa shape index (κ2) is 5.08. The van der Waals surface area contributed by atoms with Crippen molar-refractivity contribution < 1.29 is 9.50 Å². The van der Waals surface area contributed by atoms with Crippen molar-refractivity contribution in [3.8, 4) is 11.6 Å². The van der Waals surface area contributed by atoms with Crippen LogP contribution in [0, 0.1) is 5.82 Å². The van der Waals surface area contributed by atoms with Gasteiger partial charge in [0.15, 0.2) is 0 Å². The summed E-state index contributed by atoms with van der Waals surface area (Å²) in [4.78, 5) is 26.8. The summed E-state index contributed by atoms with van der Waals surface area (Å²) in [7, 11) is 0. The van der Waals surface area contributed by atoms with Crippen LogP contribution >= 0.6 is 0 Å². The van der Waals surface area contributed by atoms with E-state index in [2.05, 4.69) is 4.90 Å². The molecule has 0 unspecified atom stereocenters. The average molecular weight is 291 g/mol. The molecule has 0 spiro atoms. The highest BCUT2D eigenvalue weighted by Gasteiger charge is 2.16. The summed E-state index contributed by atoms with van der Waals surface area (Å²) in [6.07, 6.45) is 2.29. The highest BCUT2D eigenvalue weighted by molar-refractivity contribution is 5.52. The first-order valence-electron chi connectivity index (χ1n) is 6.67. The number of aromatic amines is 1. The van der Waals surface area contributed by atoms with Crippen molar-refractivity contribution in [2.45, 2.75) is 12.8 Å². The van der Waals surface area contributed by atoms with Gasteiger partial charge in [0, 0.05) is 18.8 Å². The maximum Gasteiger partial charge on any atom is 0.335 e. The van der Waals surface area contributed by atoms with Gasteiger partial charge in [-0.05, 0) is 37.1 Å². The first kappa shape index (κ1) is 13.4. The molecule has 1 aromatic carbocycles. The third-order valence-electron chi connectivity index (χ3n) is 3.61. The molecular weight excluding hydrogens is 277 g/mol. The number of nitrogens with one attached hydrogen (secondary N) is 1. The maximum atomic E-state index is 13.4. The number of aromatic nitrogens is 2. The molecule has 2 heterocycles. The van der Waals surface area contributed by atoms with Crippen molar-refractivity contribution >= 4 is 5.69 Å². The summed E-state index contributed by atoms with van der Waals surface area (Å²) in [5, 5.41) is 9.65. The molecule has 2 aromatic rings. The predicted molar refractivity (Wildman–Crippen MR) is 75.7 cm³/mol.